The minimum atomic E-state index is -0.932. The Hall–Kier alpha value is -1.97. The molecule has 0 fully saturated rings. The molecule has 0 saturated heterocycles. The number of hydrogen-bond donors (Lipinski definition) is 0. The van der Waals surface area contributed by atoms with Gasteiger partial charge >= 0.3 is 5.97 Å². The number of Topliss-reactive ketones (excluding diaryl/α,β-unsaturated/α-hetero) is 2. The molecule has 22 heavy (non-hydrogen) atoms. The third-order valence-corrected chi connectivity index (χ3v) is 4.04. The van der Waals surface area contributed by atoms with E-state index in [0.29, 0.717) is 17.9 Å². The molecule has 1 atom stereocenters. The molecule has 1 aliphatic rings. The molecule has 118 valence electrons. The summed E-state index contributed by atoms with van der Waals surface area (Å²) < 4.78 is 4.46. The van der Waals surface area contributed by atoms with E-state index in [4.69, 9.17) is 0 Å². The first-order valence-corrected chi connectivity index (χ1v) is 7.72. The SMILES string of the molecule is COC(=O)C(=O)C1CCCc2cc(CC(C)C)ccc2C1=O. The van der Waals surface area contributed by atoms with Gasteiger partial charge in [-0.1, -0.05) is 32.0 Å². The smallest absolute Gasteiger partial charge is 0.375 e. The lowest BCUT2D eigenvalue weighted by Gasteiger charge is -2.12. The lowest BCUT2D eigenvalue weighted by molar-refractivity contribution is -0.152. The Bertz CT molecular complexity index is 601. The van der Waals surface area contributed by atoms with Gasteiger partial charge in [-0.3, -0.25) is 9.59 Å². The molecule has 4 heteroatoms. The fourth-order valence-electron chi connectivity index (χ4n) is 3.00. The summed E-state index contributed by atoms with van der Waals surface area (Å²) >= 11 is 0. The zero-order valence-corrected chi connectivity index (χ0v) is 13.3. The molecule has 1 aliphatic carbocycles. The van der Waals surface area contributed by atoms with Gasteiger partial charge in [0, 0.05) is 5.56 Å². The van der Waals surface area contributed by atoms with E-state index < -0.39 is 17.7 Å². The summed E-state index contributed by atoms with van der Waals surface area (Å²) in [6.45, 7) is 4.31. The third-order valence-electron chi connectivity index (χ3n) is 4.04. The van der Waals surface area contributed by atoms with Crippen LogP contribution < -0.4 is 0 Å². The van der Waals surface area contributed by atoms with Crippen LogP contribution in [0.4, 0.5) is 0 Å². The predicted molar refractivity (Wildman–Crippen MR) is 82.8 cm³/mol. The number of hydrogen-bond acceptors (Lipinski definition) is 4. The van der Waals surface area contributed by atoms with Gasteiger partial charge in [-0.15, -0.1) is 0 Å². The van der Waals surface area contributed by atoms with Crippen molar-refractivity contribution in [1.82, 2.24) is 0 Å². The van der Waals surface area contributed by atoms with Crippen molar-refractivity contribution in [2.45, 2.75) is 39.5 Å². The van der Waals surface area contributed by atoms with Gasteiger partial charge in [-0.2, -0.15) is 0 Å². The van der Waals surface area contributed by atoms with E-state index in [0.717, 1.165) is 31.9 Å². The Morgan fingerprint density at radius 2 is 2.05 bits per heavy atom. The van der Waals surface area contributed by atoms with E-state index in [-0.39, 0.29) is 5.78 Å². The van der Waals surface area contributed by atoms with Crippen LogP contribution >= 0.6 is 0 Å². The fourth-order valence-corrected chi connectivity index (χ4v) is 3.00. The zero-order chi connectivity index (χ0) is 16.3. The second-order valence-corrected chi connectivity index (χ2v) is 6.25. The standard InChI is InChI=1S/C18H22O4/c1-11(2)9-12-7-8-14-13(10-12)5-4-6-15(16(14)19)17(20)18(21)22-3/h7-8,10-11,15H,4-6,9H2,1-3H3. The molecule has 0 N–H and O–H groups in total. The summed E-state index contributed by atoms with van der Waals surface area (Å²) in [6.07, 6.45) is 2.85. The number of ether oxygens (including phenoxy) is 1. The molecule has 4 nitrogen and oxygen atoms in total. The number of carbonyl (C=O) groups is 3. The monoisotopic (exact) mass is 302 g/mol. The first kappa shape index (κ1) is 16.4. The van der Waals surface area contributed by atoms with E-state index in [1.54, 1.807) is 6.07 Å². The Labute approximate surface area is 130 Å². The zero-order valence-electron chi connectivity index (χ0n) is 13.3. The second-order valence-electron chi connectivity index (χ2n) is 6.25. The van der Waals surface area contributed by atoms with Gasteiger partial charge in [0.2, 0.25) is 0 Å². The van der Waals surface area contributed by atoms with Crippen LogP contribution in [0.5, 0.6) is 0 Å². The molecule has 0 aromatic heterocycles. The maximum absolute atomic E-state index is 12.6. The van der Waals surface area contributed by atoms with Gasteiger partial charge in [0.15, 0.2) is 5.78 Å². The van der Waals surface area contributed by atoms with Crippen molar-refractivity contribution >= 4 is 17.5 Å². The predicted octanol–water partition coefficient (Wildman–Crippen LogP) is 2.76. The Balaban J connectivity index is 2.30. The molecule has 1 aromatic rings. The van der Waals surface area contributed by atoms with Gasteiger partial charge < -0.3 is 4.74 Å². The Kier molecular flexibility index (Phi) is 5.11. The Morgan fingerprint density at radius 3 is 2.68 bits per heavy atom. The minimum absolute atomic E-state index is 0.251. The van der Waals surface area contributed by atoms with Crippen molar-refractivity contribution in [1.29, 1.82) is 0 Å². The number of benzene rings is 1. The number of ketones is 2. The van der Waals surface area contributed by atoms with E-state index in [2.05, 4.69) is 24.7 Å². The highest BCUT2D eigenvalue weighted by Gasteiger charge is 2.35. The average Bonchev–Trinajstić information content (AvgIpc) is 2.64. The number of methoxy groups -OCH3 is 1. The summed E-state index contributed by atoms with van der Waals surface area (Å²) in [4.78, 5) is 36.1. The van der Waals surface area contributed by atoms with E-state index >= 15 is 0 Å². The van der Waals surface area contributed by atoms with Crippen molar-refractivity contribution in [3.05, 3.63) is 34.9 Å². The molecule has 0 amide bonds. The summed E-state index contributed by atoms with van der Waals surface area (Å²) in [6, 6.07) is 5.82. The van der Waals surface area contributed by atoms with Crippen molar-refractivity contribution in [2.24, 2.45) is 11.8 Å². The normalized spacial score (nSPS) is 17.8. The fraction of sp³-hybridized carbons (Fsp3) is 0.500. The highest BCUT2D eigenvalue weighted by Crippen LogP contribution is 2.27. The van der Waals surface area contributed by atoms with Crippen molar-refractivity contribution in [3.63, 3.8) is 0 Å². The van der Waals surface area contributed by atoms with Gasteiger partial charge in [-0.25, -0.2) is 4.79 Å². The number of esters is 1. The molecule has 0 heterocycles. The summed E-state index contributed by atoms with van der Waals surface area (Å²) in [7, 11) is 1.16. The largest absolute Gasteiger partial charge is 0.463 e. The lowest BCUT2D eigenvalue weighted by Crippen LogP contribution is -2.30. The third kappa shape index (κ3) is 3.43. The molecule has 0 saturated carbocycles. The lowest BCUT2D eigenvalue weighted by atomic mass is 9.90. The van der Waals surface area contributed by atoms with Crippen molar-refractivity contribution in [2.75, 3.05) is 7.11 Å². The van der Waals surface area contributed by atoms with E-state index in [1.165, 1.54) is 5.56 Å². The highest BCUT2D eigenvalue weighted by molar-refractivity contribution is 6.39. The van der Waals surface area contributed by atoms with Gasteiger partial charge in [-0.05, 0) is 42.7 Å². The molecule has 0 radical (unpaired) electrons. The number of rotatable bonds is 4. The second kappa shape index (κ2) is 6.86. The van der Waals surface area contributed by atoms with Crippen LogP contribution in [0.1, 0.15) is 48.2 Å². The van der Waals surface area contributed by atoms with Crippen LogP contribution in [0.15, 0.2) is 18.2 Å². The number of aryl methyl sites for hydroxylation is 1. The van der Waals surface area contributed by atoms with Crippen LogP contribution in [-0.2, 0) is 27.2 Å². The molecule has 1 aromatic carbocycles. The minimum Gasteiger partial charge on any atom is -0.463 e. The number of carbonyl (C=O) groups excluding carboxylic acids is 3. The molecular formula is C18H22O4. The first-order valence-electron chi connectivity index (χ1n) is 7.72. The van der Waals surface area contributed by atoms with Crippen molar-refractivity contribution in [3.8, 4) is 0 Å². The summed E-state index contributed by atoms with van der Waals surface area (Å²) in [5.41, 5.74) is 2.77. The van der Waals surface area contributed by atoms with E-state index in [1.807, 2.05) is 6.07 Å². The molecule has 0 spiro atoms. The highest BCUT2D eigenvalue weighted by atomic mass is 16.5. The van der Waals surface area contributed by atoms with Crippen LogP contribution in [0, 0.1) is 11.8 Å². The summed E-state index contributed by atoms with van der Waals surface area (Å²) in [5, 5.41) is 0. The van der Waals surface area contributed by atoms with Crippen LogP contribution in [0.25, 0.3) is 0 Å². The quantitative estimate of drug-likeness (QED) is 0.371. The maximum Gasteiger partial charge on any atom is 0.375 e. The molecule has 2 rings (SSSR count). The Morgan fingerprint density at radius 1 is 1.32 bits per heavy atom. The topological polar surface area (TPSA) is 60.4 Å². The van der Waals surface area contributed by atoms with Gasteiger partial charge in [0.25, 0.3) is 5.78 Å². The molecule has 1 unspecified atom stereocenters. The molecule has 0 aliphatic heterocycles. The van der Waals surface area contributed by atoms with Crippen LogP contribution in [-0.4, -0.2) is 24.6 Å². The van der Waals surface area contributed by atoms with Crippen LogP contribution in [0.3, 0.4) is 0 Å². The van der Waals surface area contributed by atoms with Crippen LogP contribution in [0.2, 0.25) is 0 Å². The average molecular weight is 302 g/mol. The van der Waals surface area contributed by atoms with E-state index in [9.17, 15) is 14.4 Å². The van der Waals surface area contributed by atoms with Gasteiger partial charge in [0.05, 0.1) is 13.0 Å². The first-order chi connectivity index (χ1) is 10.4. The molecule has 0 bridgehead atoms. The maximum atomic E-state index is 12.6. The molecular weight excluding hydrogens is 280 g/mol. The van der Waals surface area contributed by atoms with Gasteiger partial charge in [0.1, 0.15) is 0 Å². The van der Waals surface area contributed by atoms with Crippen molar-refractivity contribution < 1.29 is 19.1 Å². The number of fused-ring (bicyclic) bond motifs is 1. The summed E-state index contributed by atoms with van der Waals surface area (Å²) in [5.74, 6) is -2.26.